The number of carbonyl (C=O) groups is 10. The van der Waals surface area contributed by atoms with Crippen LogP contribution in [0.15, 0.2) is 138 Å². The van der Waals surface area contributed by atoms with E-state index in [-0.39, 0.29) is 161 Å². The number of benzene rings is 5. The predicted molar refractivity (Wildman–Crippen MR) is 374 cm³/mol. The number of nitrogens with two attached hydrogens (primary N) is 1. The summed E-state index contributed by atoms with van der Waals surface area (Å²) in [5.41, 5.74) is 10.6. The summed E-state index contributed by atoms with van der Waals surface area (Å²) >= 11 is 0. The number of aldehydes is 1. The summed E-state index contributed by atoms with van der Waals surface area (Å²) in [4.78, 5) is 139. The molecule has 29 heteroatoms. The van der Waals surface area contributed by atoms with Crippen LogP contribution in [-0.2, 0) is 56.1 Å². The highest BCUT2D eigenvalue weighted by Gasteiger charge is 2.30. The number of ether oxygens (including phenoxy) is 1. The fraction of sp³-hybridized carbons (Fsp3) is 0.423. The molecule has 0 saturated carbocycles. The van der Waals surface area contributed by atoms with Crippen LogP contribution in [0, 0.1) is 0 Å². The monoisotopic (exact) mass is 1380 g/mol. The van der Waals surface area contributed by atoms with Crippen LogP contribution in [0.25, 0.3) is 11.1 Å². The maximum Gasteiger partial charge on any atom is 0.321 e. The van der Waals surface area contributed by atoms with Gasteiger partial charge < -0.3 is 67.6 Å². The van der Waals surface area contributed by atoms with Gasteiger partial charge in [-0.15, -0.1) is 0 Å². The molecule has 538 valence electrons. The van der Waals surface area contributed by atoms with Crippen molar-refractivity contribution in [2.75, 3.05) is 111 Å². The summed E-state index contributed by atoms with van der Waals surface area (Å²) in [6.45, 7) is 3.21. The van der Waals surface area contributed by atoms with Crippen molar-refractivity contribution in [3.05, 3.63) is 156 Å². The van der Waals surface area contributed by atoms with E-state index in [0.717, 1.165) is 16.7 Å². The lowest BCUT2D eigenvalue weighted by atomic mass is 9.90. The Bertz CT molecular complexity index is 3430. The van der Waals surface area contributed by atoms with Gasteiger partial charge in [-0.05, 0) is 83.3 Å². The Morgan fingerprint density at radius 1 is 0.570 bits per heavy atom. The Morgan fingerprint density at radius 3 is 1.75 bits per heavy atom. The number of nitrogens with one attached hydrogen (secondary N) is 8. The number of hydrogen-bond donors (Lipinski definition) is 13. The average molecular weight is 1380 g/mol. The molecule has 1 aliphatic heterocycles. The van der Waals surface area contributed by atoms with Gasteiger partial charge in [-0.2, -0.15) is 0 Å². The number of carboxylic acids is 3. The summed E-state index contributed by atoms with van der Waals surface area (Å²) in [5, 5.41) is 61.2. The molecule has 7 amide bonds. The number of urea groups is 1. The number of rotatable bonds is 38. The largest absolute Gasteiger partial charge is 0.508 e. The minimum atomic E-state index is -1.09. The van der Waals surface area contributed by atoms with Gasteiger partial charge in [-0.1, -0.05) is 116 Å². The van der Waals surface area contributed by atoms with E-state index in [1.165, 1.54) is 12.1 Å². The highest BCUT2D eigenvalue weighted by Crippen LogP contribution is 2.29. The fourth-order valence-corrected chi connectivity index (χ4v) is 11.0. The number of carbonyl (C=O) groups excluding carboxylic acids is 7. The first-order valence-electron chi connectivity index (χ1n) is 33.5. The van der Waals surface area contributed by atoms with Gasteiger partial charge in [0.05, 0.1) is 32.2 Å². The zero-order valence-electron chi connectivity index (χ0n) is 56.4. The lowest BCUT2D eigenvalue weighted by Crippen LogP contribution is -2.54. The van der Waals surface area contributed by atoms with Crippen LogP contribution in [0.1, 0.15) is 73.6 Å². The number of aliphatic carboxylic acids is 3. The molecule has 6 rings (SSSR count). The summed E-state index contributed by atoms with van der Waals surface area (Å²) in [5.74, 6) is -5.83. The third-order valence-electron chi connectivity index (χ3n) is 16.3. The smallest absolute Gasteiger partial charge is 0.321 e. The maximum atomic E-state index is 14.6. The van der Waals surface area contributed by atoms with E-state index >= 15 is 0 Å². The standard InChI is InChI=1S/C71H94N14O15/c1-2-61(88)74-32-33-77-71(99)81-70(72)76-30-12-19-58(67(96)78-45-51-22-26-56(87)27-23-51)80-69(98)66(54-15-7-4-8-16-54)55-17-11-18-57(44-55)100-42-10-9-29-75-68(97)59(43-50-20-24-53(25-21-50)52-13-5-3-6-14-52)79-62(89)28-31-73-60(49-86)85-40-38-83(47-64(92)93)36-34-82(46-63(90)91)35-37-84(39-41-85)48-65(94)95/h3-8,11,13-18,20-27,44,49,58-60,66,73,87H,2,9-10,12,19,28-43,45-48H2,1H3,(H,74,88)(H,75,97)(H,78,96)(H,79,89)(H,80,98)(H,90,91)(H,92,93)(H,94,95)(H4,72,76,77,81,99)/t58-,59?,60?,66+/m1/s1. The first-order chi connectivity index (χ1) is 48.2. The van der Waals surface area contributed by atoms with Gasteiger partial charge in [0, 0.05) is 111 Å². The predicted octanol–water partition coefficient (Wildman–Crippen LogP) is 1.90. The molecule has 0 spiro atoms. The van der Waals surface area contributed by atoms with Gasteiger partial charge in [0.25, 0.3) is 0 Å². The third kappa shape index (κ3) is 29.4. The summed E-state index contributed by atoms with van der Waals surface area (Å²) < 4.78 is 6.23. The van der Waals surface area contributed by atoms with Crippen LogP contribution in [0.4, 0.5) is 4.79 Å². The first-order valence-corrected chi connectivity index (χ1v) is 33.5. The van der Waals surface area contributed by atoms with Crippen molar-refractivity contribution >= 4 is 65.7 Å². The minimum Gasteiger partial charge on any atom is -0.508 e. The molecule has 29 nitrogen and oxygen atoms in total. The second-order valence-corrected chi connectivity index (χ2v) is 23.9. The van der Waals surface area contributed by atoms with Crippen LogP contribution < -0.4 is 53.0 Å². The van der Waals surface area contributed by atoms with Crippen molar-refractivity contribution < 1.29 is 73.1 Å². The van der Waals surface area contributed by atoms with Crippen LogP contribution in [0.3, 0.4) is 0 Å². The molecule has 1 aliphatic rings. The number of aliphatic imine (C=N–C) groups is 1. The molecular weight excluding hydrogens is 1290 g/mol. The van der Waals surface area contributed by atoms with E-state index in [4.69, 9.17) is 10.5 Å². The lowest BCUT2D eigenvalue weighted by Gasteiger charge is -2.35. The maximum absolute atomic E-state index is 14.6. The highest BCUT2D eigenvalue weighted by atomic mass is 16.5. The van der Waals surface area contributed by atoms with Gasteiger partial charge in [0.2, 0.25) is 29.5 Å². The normalized spacial score (nSPS) is 14.8. The molecule has 14 N–H and O–H groups in total. The molecular formula is C71H94N14O15. The molecule has 2 unspecified atom stereocenters. The van der Waals surface area contributed by atoms with Crippen molar-refractivity contribution in [1.29, 1.82) is 0 Å². The molecule has 5 aromatic carbocycles. The Hall–Kier alpha value is -10.3. The molecule has 0 bridgehead atoms. The Labute approximate surface area is 581 Å². The molecule has 0 aliphatic carbocycles. The molecule has 4 atom stereocenters. The van der Waals surface area contributed by atoms with Gasteiger partial charge in [0.1, 0.15) is 29.7 Å². The molecule has 1 fully saturated rings. The van der Waals surface area contributed by atoms with E-state index in [1.54, 1.807) is 75.1 Å². The third-order valence-corrected chi connectivity index (χ3v) is 16.3. The number of amides is 7. The van der Waals surface area contributed by atoms with Gasteiger partial charge in [-0.25, -0.2) is 4.79 Å². The number of nitrogens with zero attached hydrogens (tertiary/aromatic N) is 5. The Kier molecular flexibility index (Phi) is 33.9. The van der Waals surface area contributed by atoms with Crippen molar-refractivity contribution in [1.82, 2.24) is 62.1 Å². The molecule has 1 heterocycles. The average Bonchev–Trinajstić information content (AvgIpc) is 0.838. The van der Waals surface area contributed by atoms with E-state index in [9.17, 15) is 68.4 Å². The molecule has 0 radical (unpaired) electrons. The molecule has 100 heavy (non-hydrogen) atoms. The van der Waals surface area contributed by atoms with Gasteiger partial charge >= 0.3 is 23.9 Å². The molecule has 0 aromatic heterocycles. The van der Waals surface area contributed by atoms with Crippen molar-refractivity contribution in [2.45, 2.75) is 82.6 Å². The Balaban J connectivity index is 1.07. The minimum absolute atomic E-state index is 0.0114. The first kappa shape index (κ1) is 78.7. The number of aromatic hydroxyl groups is 1. The summed E-state index contributed by atoms with van der Waals surface area (Å²) in [6.07, 6.45) is 1.35. The number of phenols is 1. The number of carboxylic acid groups (broad SMARTS) is 3. The SMILES string of the molecule is CCC(=O)NCCNC(=O)NC(N)=NCCC[C@@H](NC(=O)[C@@H](c1ccccc1)c1cccc(OCCCCNC(=O)C(Cc2ccc(-c3ccccc3)cc2)NC(=O)CCNC(C=O)N2CCN(CC(=O)O)CCN(CC(=O)O)CCN(CC(=O)O)CC2)c1)C(=O)NCc1ccc(O)cc1. The van der Waals surface area contributed by atoms with Gasteiger partial charge in [0.15, 0.2) is 12.2 Å². The summed E-state index contributed by atoms with van der Waals surface area (Å²) in [6, 6.07) is 37.2. The highest BCUT2D eigenvalue weighted by molar-refractivity contribution is 5.95. The van der Waals surface area contributed by atoms with Crippen LogP contribution in [0.2, 0.25) is 0 Å². The van der Waals surface area contributed by atoms with E-state index in [1.807, 2.05) is 72.8 Å². The number of phenolic OH excluding ortho intramolecular Hbond substituents is 1. The van der Waals surface area contributed by atoms with Crippen molar-refractivity contribution in [2.24, 2.45) is 10.7 Å². The quantitative estimate of drug-likeness (QED) is 0.0116. The lowest BCUT2D eigenvalue weighted by molar-refractivity contribution is -0.140. The zero-order valence-corrected chi connectivity index (χ0v) is 56.4. The second-order valence-electron chi connectivity index (χ2n) is 23.9. The van der Waals surface area contributed by atoms with E-state index in [0.29, 0.717) is 48.0 Å². The number of unbranched alkanes of at least 4 members (excludes halogenated alkanes) is 1. The van der Waals surface area contributed by atoms with Crippen molar-refractivity contribution in [3.63, 3.8) is 0 Å². The summed E-state index contributed by atoms with van der Waals surface area (Å²) in [7, 11) is 0. The molecule has 5 aromatic rings. The van der Waals surface area contributed by atoms with Gasteiger partial charge in [-0.3, -0.25) is 73.6 Å². The number of guanidine groups is 1. The van der Waals surface area contributed by atoms with Crippen LogP contribution >= 0.6 is 0 Å². The second kappa shape index (κ2) is 43.2. The Morgan fingerprint density at radius 2 is 1.14 bits per heavy atom. The zero-order chi connectivity index (χ0) is 72.0. The van der Waals surface area contributed by atoms with E-state index < -0.39 is 71.7 Å². The topological polar surface area (TPSA) is 408 Å². The molecule has 1 saturated heterocycles. The van der Waals surface area contributed by atoms with Crippen LogP contribution in [-0.4, -0.2) is 235 Å². The van der Waals surface area contributed by atoms with Crippen molar-refractivity contribution in [3.8, 4) is 22.6 Å². The number of hydrogen-bond acceptors (Lipinski definition) is 18. The fourth-order valence-electron chi connectivity index (χ4n) is 11.0. The van der Waals surface area contributed by atoms with E-state index in [2.05, 4.69) is 47.5 Å². The van der Waals surface area contributed by atoms with Crippen LogP contribution in [0.5, 0.6) is 11.5 Å².